The van der Waals surface area contributed by atoms with Crippen LogP contribution in [0.5, 0.6) is 11.5 Å². The van der Waals surface area contributed by atoms with Crippen LogP contribution in [-0.4, -0.2) is 31.7 Å². The number of nitrogens with one attached hydrogen (secondary N) is 1. The molecule has 1 amide bonds. The first-order valence-corrected chi connectivity index (χ1v) is 8.72. The summed E-state index contributed by atoms with van der Waals surface area (Å²) in [6, 6.07) is 10.6. The van der Waals surface area contributed by atoms with Crippen LogP contribution in [0.25, 0.3) is 0 Å². The molecule has 144 valence electrons. The molecule has 0 aliphatic rings. The Balaban J connectivity index is 1.93. The molecule has 1 unspecified atom stereocenters. The van der Waals surface area contributed by atoms with Crippen molar-refractivity contribution >= 4 is 29.2 Å². The van der Waals surface area contributed by atoms with Crippen molar-refractivity contribution in [1.29, 1.82) is 0 Å². The molecule has 0 aliphatic carbocycles. The minimum atomic E-state index is -1.00. The number of carbonyl (C=O) groups excluding carboxylic acids is 2. The minimum Gasteiger partial charge on any atom is -0.495 e. The second-order valence-corrected chi connectivity index (χ2v) is 6.38. The number of carbonyl (C=O) groups is 2. The highest BCUT2D eigenvalue weighted by Gasteiger charge is 2.20. The quantitative estimate of drug-likeness (QED) is 0.724. The molecule has 0 fully saturated rings. The largest absolute Gasteiger partial charge is 0.495 e. The van der Waals surface area contributed by atoms with Crippen LogP contribution in [0.3, 0.4) is 0 Å². The average molecular weight is 392 g/mol. The Hall–Kier alpha value is -2.73. The molecule has 7 heteroatoms. The third-order valence-corrected chi connectivity index (χ3v) is 4.26. The van der Waals surface area contributed by atoms with Gasteiger partial charge in [-0.1, -0.05) is 29.8 Å². The van der Waals surface area contributed by atoms with E-state index in [1.807, 2.05) is 32.0 Å². The number of anilines is 1. The lowest BCUT2D eigenvalue weighted by atomic mass is 10.2. The van der Waals surface area contributed by atoms with Crippen molar-refractivity contribution in [2.75, 3.05) is 19.0 Å². The molecule has 2 aromatic rings. The first-order valence-electron chi connectivity index (χ1n) is 8.34. The molecule has 0 saturated heterocycles. The number of hydrogen-bond donors (Lipinski definition) is 1. The van der Waals surface area contributed by atoms with E-state index in [-0.39, 0.29) is 6.61 Å². The highest BCUT2D eigenvalue weighted by atomic mass is 35.5. The molecule has 0 saturated carbocycles. The van der Waals surface area contributed by atoms with E-state index in [0.29, 0.717) is 22.2 Å². The van der Waals surface area contributed by atoms with Gasteiger partial charge in [0.25, 0.3) is 5.91 Å². The third kappa shape index (κ3) is 5.62. The lowest BCUT2D eigenvalue weighted by molar-refractivity contribution is -0.155. The van der Waals surface area contributed by atoms with Crippen LogP contribution in [0.2, 0.25) is 5.02 Å². The van der Waals surface area contributed by atoms with Gasteiger partial charge in [0.15, 0.2) is 12.7 Å². The Kier molecular flexibility index (Phi) is 7.07. The molecule has 0 aromatic heterocycles. The topological polar surface area (TPSA) is 73.9 Å². The highest BCUT2D eigenvalue weighted by Crippen LogP contribution is 2.31. The number of aryl methyl sites for hydroxylation is 2. The lowest BCUT2D eigenvalue weighted by Gasteiger charge is -2.16. The number of esters is 1. The summed E-state index contributed by atoms with van der Waals surface area (Å²) in [6.07, 6.45) is -1.00. The van der Waals surface area contributed by atoms with Crippen LogP contribution in [0.4, 0.5) is 5.69 Å². The fourth-order valence-corrected chi connectivity index (χ4v) is 2.46. The van der Waals surface area contributed by atoms with Crippen molar-refractivity contribution in [2.45, 2.75) is 26.9 Å². The summed E-state index contributed by atoms with van der Waals surface area (Å²) in [6.45, 7) is 4.88. The van der Waals surface area contributed by atoms with Crippen molar-refractivity contribution in [3.63, 3.8) is 0 Å². The molecule has 6 nitrogen and oxygen atoms in total. The Morgan fingerprint density at radius 2 is 1.81 bits per heavy atom. The van der Waals surface area contributed by atoms with E-state index in [1.165, 1.54) is 14.0 Å². The number of benzene rings is 2. The molecule has 0 heterocycles. The predicted molar refractivity (Wildman–Crippen MR) is 104 cm³/mol. The summed E-state index contributed by atoms with van der Waals surface area (Å²) in [5.41, 5.74) is 2.13. The Morgan fingerprint density at radius 1 is 1.11 bits per heavy atom. The van der Waals surface area contributed by atoms with Gasteiger partial charge in [-0.25, -0.2) is 4.79 Å². The van der Waals surface area contributed by atoms with Gasteiger partial charge >= 0.3 is 5.97 Å². The number of ether oxygens (including phenoxy) is 3. The smallest absolute Gasteiger partial charge is 0.344 e. The molecule has 0 aliphatic heterocycles. The number of amides is 1. The number of methoxy groups -OCH3 is 1. The first-order chi connectivity index (χ1) is 12.8. The summed E-state index contributed by atoms with van der Waals surface area (Å²) in [5.74, 6) is -0.118. The van der Waals surface area contributed by atoms with Gasteiger partial charge in [0.05, 0.1) is 12.8 Å². The molecule has 1 N–H and O–H groups in total. The SMILES string of the molecule is COc1cc(Cl)c(C)cc1NC(=O)C(C)OC(=O)COc1ccccc1C. The first kappa shape index (κ1) is 20.6. The highest BCUT2D eigenvalue weighted by molar-refractivity contribution is 6.31. The van der Waals surface area contributed by atoms with Crippen molar-refractivity contribution in [1.82, 2.24) is 0 Å². The van der Waals surface area contributed by atoms with E-state index in [2.05, 4.69) is 5.32 Å². The van der Waals surface area contributed by atoms with E-state index in [9.17, 15) is 9.59 Å². The molecule has 1 atom stereocenters. The van der Waals surface area contributed by atoms with E-state index in [4.69, 9.17) is 25.8 Å². The van der Waals surface area contributed by atoms with Crippen molar-refractivity contribution in [2.24, 2.45) is 0 Å². The summed E-state index contributed by atoms with van der Waals surface area (Å²) in [4.78, 5) is 24.3. The maximum atomic E-state index is 12.3. The van der Waals surface area contributed by atoms with Crippen molar-refractivity contribution < 1.29 is 23.8 Å². The molecule has 0 bridgehead atoms. The maximum Gasteiger partial charge on any atom is 0.344 e. The van der Waals surface area contributed by atoms with Crippen LogP contribution < -0.4 is 14.8 Å². The minimum absolute atomic E-state index is 0.286. The van der Waals surface area contributed by atoms with Crippen LogP contribution in [-0.2, 0) is 14.3 Å². The van der Waals surface area contributed by atoms with E-state index in [1.54, 1.807) is 18.2 Å². The molecular weight excluding hydrogens is 370 g/mol. The van der Waals surface area contributed by atoms with Crippen LogP contribution >= 0.6 is 11.6 Å². The zero-order valence-electron chi connectivity index (χ0n) is 15.7. The fourth-order valence-electron chi connectivity index (χ4n) is 2.30. The average Bonchev–Trinajstić information content (AvgIpc) is 2.63. The maximum absolute atomic E-state index is 12.3. The standard InChI is InChI=1S/C20H22ClNO5/c1-12-7-5-6-8-17(12)26-11-19(23)27-14(3)20(24)22-16-9-13(2)15(21)10-18(16)25-4/h5-10,14H,11H2,1-4H3,(H,22,24). The van der Waals surface area contributed by atoms with E-state index < -0.39 is 18.0 Å². The second-order valence-electron chi connectivity index (χ2n) is 5.98. The number of rotatable bonds is 7. The zero-order chi connectivity index (χ0) is 20.0. The molecule has 0 radical (unpaired) electrons. The molecule has 2 rings (SSSR count). The monoisotopic (exact) mass is 391 g/mol. The van der Waals surface area contributed by atoms with Gasteiger partial charge in [-0.3, -0.25) is 4.79 Å². The van der Waals surface area contributed by atoms with Gasteiger partial charge in [0.1, 0.15) is 11.5 Å². The van der Waals surface area contributed by atoms with Gasteiger partial charge in [0, 0.05) is 11.1 Å². The Labute approximate surface area is 163 Å². The van der Waals surface area contributed by atoms with Gasteiger partial charge in [-0.2, -0.15) is 0 Å². The number of halogens is 1. The Morgan fingerprint density at radius 3 is 2.48 bits per heavy atom. The van der Waals surface area contributed by atoms with Crippen LogP contribution in [0.1, 0.15) is 18.1 Å². The summed E-state index contributed by atoms with van der Waals surface area (Å²) >= 11 is 6.05. The second kappa shape index (κ2) is 9.28. The summed E-state index contributed by atoms with van der Waals surface area (Å²) in [5, 5.41) is 3.20. The Bertz CT molecular complexity index is 837. The fraction of sp³-hybridized carbons (Fsp3) is 0.300. The van der Waals surface area contributed by atoms with Gasteiger partial charge < -0.3 is 19.5 Å². The molecule has 0 spiro atoms. The summed E-state index contributed by atoms with van der Waals surface area (Å²) < 4.78 is 15.8. The predicted octanol–water partition coefficient (Wildman–Crippen LogP) is 3.91. The molecule has 27 heavy (non-hydrogen) atoms. The van der Waals surface area contributed by atoms with E-state index in [0.717, 1.165) is 11.1 Å². The zero-order valence-corrected chi connectivity index (χ0v) is 16.4. The molecular formula is C20H22ClNO5. The normalized spacial score (nSPS) is 11.4. The lowest BCUT2D eigenvalue weighted by Crippen LogP contribution is -2.31. The van der Waals surface area contributed by atoms with Crippen molar-refractivity contribution in [3.05, 3.63) is 52.5 Å². The number of para-hydroxylation sites is 1. The van der Waals surface area contributed by atoms with Gasteiger partial charge in [-0.05, 0) is 44.0 Å². The number of hydrogen-bond acceptors (Lipinski definition) is 5. The summed E-state index contributed by atoms with van der Waals surface area (Å²) in [7, 11) is 1.48. The van der Waals surface area contributed by atoms with Crippen LogP contribution in [0.15, 0.2) is 36.4 Å². The van der Waals surface area contributed by atoms with Gasteiger partial charge in [-0.15, -0.1) is 0 Å². The van der Waals surface area contributed by atoms with Crippen molar-refractivity contribution in [3.8, 4) is 11.5 Å². The van der Waals surface area contributed by atoms with E-state index >= 15 is 0 Å². The molecule has 2 aromatic carbocycles. The van der Waals surface area contributed by atoms with Gasteiger partial charge in [0.2, 0.25) is 0 Å². The van der Waals surface area contributed by atoms with Crippen LogP contribution in [0, 0.1) is 13.8 Å². The third-order valence-electron chi connectivity index (χ3n) is 3.86.